The minimum Gasteiger partial charge on any atom is -0.357 e. The molecule has 1 N–H and O–H groups in total. The standard InChI is InChI=1S/C20H24ClN3O2/c1-3-6-15-18(25)17-19(24(11-4-2)20(15)26)23-16(22-17)10-9-13-7-5-8-14(21)12-13/h5,7-10,12,15,17,19H,3-4,6,11H2,1-2H3,(H,22,23)/b10-9+. The van der Waals surface area contributed by atoms with Gasteiger partial charge in [0.05, 0.1) is 5.92 Å². The Kier molecular flexibility index (Phi) is 5.77. The Morgan fingerprint density at radius 2 is 2.04 bits per heavy atom. The third kappa shape index (κ3) is 3.68. The summed E-state index contributed by atoms with van der Waals surface area (Å²) < 4.78 is 0. The van der Waals surface area contributed by atoms with Crippen LogP contribution >= 0.6 is 11.6 Å². The Balaban J connectivity index is 1.83. The van der Waals surface area contributed by atoms with Crippen molar-refractivity contribution in [1.82, 2.24) is 10.2 Å². The lowest BCUT2D eigenvalue weighted by molar-refractivity contribution is -0.150. The highest BCUT2D eigenvalue weighted by atomic mass is 35.5. The largest absolute Gasteiger partial charge is 0.357 e. The predicted molar refractivity (Wildman–Crippen MR) is 104 cm³/mol. The van der Waals surface area contributed by atoms with Gasteiger partial charge in [-0.25, -0.2) is 4.99 Å². The second-order valence-electron chi connectivity index (χ2n) is 6.71. The van der Waals surface area contributed by atoms with Crippen LogP contribution in [0.4, 0.5) is 0 Å². The lowest BCUT2D eigenvalue weighted by atomic mass is 9.86. The SMILES string of the molecule is CCCC1C(=O)C2NC(/C=C/c3cccc(Cl)c3)=NC2N(CCC)C1=O. The zero-order chi connectivity index (χ0) is 18.7. The van der Waals surface area contributed by atoms with Crippen molar-refractivity contribution in [3.05, 3.63) is 40.9 Å². The van der Waals surface area contributed by atoms with E-state index in [9.17, 15) is 9.59 Å². The van der Waals surface area contributed by atoms with Gasteiger partial charge in [-0.2, -0.15) is 0 Å². The second kappa shape index (κ2) is 8.04. The number of nitrogens with zero attached hydrogens (tertiary/aromatic N) is 2. The van der Waals surface area contributed by atoms with Crippen LogP contribution in [0.3, 0.4) is 0 Å². The van der Waals surface area contributed by atoms with Crippen molar-refractivity contribution in [1.29, 1.82) is 0 Å². The van der Waals surface area contributed by atoms with E-state index in [-0.39, 0.29) is 11.7 Å². The summed E-state index contributed by atoms with van der Waals surface area (Å²) in [6.45, 7) is 4.64. The lowest BCUT2D eigenvalue weighted by Gasteiger charge is -2.38. The topological polar surface area (TPSA) is 61.8 Å². The van der Waals surface area contributed by atoms with Gasteiger partial charge in [0.25, 0.3) is 0 Å². The number of likely N-dealkylation sites (tertiary alicyclic amines) is 1. The van der Waals surface area contributed by atoms with Gasteiger partial charge >= 0.3 is 0 Å². The van der Waals surface area contributed by atoms with Crippen LogP contribution in [0.1, 0.15) is 38.7 Å². The Labute approximate surface area is 159 Å². The van der Waals surface area contributed by atoms with E-state index >= 15 is 0 Å². The number of nitrogens with one attached hydrogen (secondary N) is 1. The Hall–Kier alpha value is -2.14. The molecule has 1 amide bonds. The highest BCUT2D eigenvalue weighted by molar-refractivity contribution is 6.30. The van der Waals surface area contributed by atoms with Crippen LogP contribution < -0.4 is 5.32 Å². The van der Waals surface area contributed by atoms with Gasteiger partial charge in [-0.05, 0) is 36.6 Å². The fourth-order valence-electron chi connectivity index (χ4n) is 3.54. The number of benzene rings is 1. The van der Waals surface area contributed by atoms with Gasteiger partial charge in [-0.3, -0.25) is 9.59 Å². The van der Waals surface area contributed by atoms with Gasteiger partial charge < -0.3 is 10.2 Å². The molecule has 3 unspecified atom stereocenters. The first-order valence-corrected chi connectivity index (χ1v) is 9.55. The van der Waals surface area contributed by atoms with E-state index in [2.05, 4.69) is 10.3 Å². The summed E-state index contributed by atoms with van der Waals surface area (Å²) in [5.41, 5.74) is 0.952. The number of Topliss-reactive ketones (excluding diaryl/α,β-unsaturated/α-hetero) is 1. The molecule has 2 aliphatic heterocycles. The molecule has 3 atom stereocenters. The quantitative estimate of drug-likeness (QED) is 0.778. The summed E-state index contributed by atoms with van der Waals surface area (Å²) in [7, 11) is 0. The summed E-state index contributed by atoms with van der Waals surface area (Å²) in [5, 5.41) is 3.88. The summed E-state index contributed by atoms with van der Waals surface area (Å²) >= 11 is 6.01. The maximum absolute atomic E-state index is 12.8. The molecule has 1 aromatic rings. The van der Waals surface area contributed by atoms with Crippen molar-refractivity contribution in [3.63, 3.8) is 0 Å². The zero-order valence-electron chi connectivity index (χ0n) is 15.1. The molecule has 138 valence electrons. The van der Waals surface area contributed by atoms with E-state index in [0.29, 0.717) is 23.8 Å². The van der Waals surface area contributed by atoms with Crippen molar-refractivity contribution < 1.29 is 9.59 Å². The first-order valence-electron chi connectivity index (χ1n) is 9.17. The molecule has 5 nitrogen and oxygen atoms in total. The Bertz CT molecular complexity index is 759. The number of carbonyl (C=O) groups excluding carboxylic acids is 2. The van der Waals surface area contributed by atoms with Gasteiger partial charge in [0.2, 0.25) is 5.91 Å². The van der Waals surface area contributed by atoms with E-state index in [1.54, 1.807) is 4.90 Å². The van der Waals surface area contributed by atoms with Crippen LogP contribution in [0.2, 0.25) is 5.02 Å². The second-order valence-corrected chi connectivity index (χ2v) is 7.15. The smallest absolute Gasteiger partial charge is 0.235 e. The van der Waals surface area contributed by atoms with Crippen LogP contribution in [0.25, 0.3) is 6.08 Å². The monoisotopic (exact) mass is 373 g/mol. The number of fused-ring (bicyclic) bond motifs is 1. The van der Waals surface area contributed by atoms with E-state index in [4.69, 9.17) is 11.6 Å². The molecular formula is C20H24ClN3O2. The molecule has 1 fully saturated rings. The number of ketones is 1. The highest BCUT2D eigenvalue weighted by Crippen LogP contribution is 2.28. The summed E-state index contributed by atoms with van der Waals surface area (Å²) in [6, 6.07) is 7.05. The molecular weight excluding hydrogens is 350 g/mol. The molecule has 0 radical (unpaired) electrons. The van der Waals surface area contributed by atoms with E-state index in [0.717, 1.165) is 18.4 Å². The predicted octanol–water partition coefficient (Wildman–Crippen LogP) is 3.29. The average molecular weight is 374 g/mol. The molecule has 26 heavy (non-hydrogen) atoms. The summed E-state index contributed by atoms with van der Waals surface area (Å²) in [4.78, 5) is 31.9. The number of aliphatic imine (C=N–C) groups is 1. The number of piperidine rings is 1. The van der Waals surface area contributed by atoms with Crippen LogP contribution in [0.15, 0.2) is 35.3 Å². The molecule has 0 saturated carbocycles. The number of halogens is 1. The van der Waals surface area contributed by atoms with Crippen molar-refractivity contribution >= 4 is 35.2 Å². The minimum absolute atomic E-state index is 0.0379. The fourth-order valence-corrected chi connectivity index (χ4v) is 3.74. The number of hydrogen-bond donors (Lipinski definition) is 1. The number of hydrogen-bond acceptors (Lipinski definition) is 4. The van der Waals surface area contributed by atoms with Gasteiger partial charge in [0, 0.05) is 11.6 Å². The zero-order valence-corrected chi connectivity index (χ0v) is 15.9. The summed E-state index contributed by atoms with van der Waals surface area (Å²) in [5.74, 6) is -0.0409. The molecule has 3 rings (SSSR count). The lowest BCUT2D eigenvalue weighted by Crippen LogP contribution is -2.61. The van der Waals surface area contributed by atoms with E-state index in [1.165, 1.54) is 0 Å². The molecule has 2 heterocycles. The normalized spacial score (nSPS) is 25.4. The maximum Gasteiger partial charge on any atom is 0.235 e. The molecule has 0 aliphatic carbocycles. The first kappa shape index (κ1) is 18.6. The number of rotatable bonds is 6. The third-order valence-corrected chi connectivity index (χ3v) is 4.98. The number of carbonyl (C=O) groups is 2. The fraction of sp³-hybridized carbons (Fsp3) is 0.450. The first-order chi connectivity index (χ1) is 12.5. The van der Waals surface area contributed by atoms with Crippen LogP contribution in [-0.4, -0.2) is 41.2 Å². The van der Waals surface area contributed by atoms with Gasteiger partial charge in [0.1, 0.15) is 11.9 Å². The van der Waals surface area contributed by atoms with Crippen molar-refractivity contribution in [2.24, 2.45) is 10.9 Å². The van der Waals surface area contributed by atoms with Crippen molar-refractivity contribution in [2.45, 2.75) is 45.3 Å². The van der Waals surface area contributed by atoms with E-state index in [1.807, 2.05) is 50.3 Å². The maximum atomic E-state index is 12.8. The van der Waals surface area contributed by atoms with Crippen LogP contribution in [0.5, 0.6) is 0 Å². The van der Waals surface area contributed by atoms with Gasteiger partial charge in [-0.1, -0.05) is 50.1 Å². The number of amidine groups is 1. The van der Waals surface area contributed by atoms with Crippen molar-refractivity contribution in [3.8, 4) is 0 Å². The van der Waals surface area contributed by atoms with Crippen molar-refractivity contribution in [2.75, 3.05) is 6.54 Å². The average Bonchev–Trinajstić information content (AvgIpc) is 3.05. The molecule has 2 aliphatic rings. The Morgan fingerprint density at radius 3 is 2.73 bits per heavy atom. The molecule has 6 heteroatoms. The van der Waals surface area contributed by atoms with Crippen LogP contribution in [0, 0.1) is 5.92 Å². The highest BCUT2D eigenvalue weighted by Gasteiger charge is 2.49. The molecule has 0 bridgehead atoms. The molecule has 1 saturated heterocycles. The Morgan fingerprint density at radius 1 is 1.23 bits per heavy atom. The molecule has 0 spiro atoms. The number of amides is 1. The molecule has 0 aromatic heterocycles. The van der Waals surface area contributed by atoms with Gasteiger partial charge in [-0.15, -0.1) is 0 Å². The van der Waals surface area contributed by atoms with Gasteiger partial charge in [0.15, 0.2) is 11.9 Å². The summed E-state index contributed by atoms with van der Waals surface area (Å²) in [6.07, 6.45) is 5.53. The molecule has 1 aromatic carbocycles. The third-order valence-electron chi connectivity index (χ3n) is 4.75. The van der Waals surface area contributed by atoms with E-state index < -0.39 is 18.1 Å². The van der Waals surface area contributed by atoms with Crippen LogP contribution in [-0.2, 0) is 9.59 Å². The minimum atomic E-state index is -0.549.